The van der Waals surface area contributed by atoms with Gasteiger partial charge in [0.1, 0.15) is 11.3 Å². The molecule has 0 unspecified atom stereocenters. The molecule has 1 fully saturated rings. The minimum atomic E-state index is 0.0552. The van der Waals surface area contributed by atoms with Crippen molar-refractivity contribution in [2.75, 3.05) is 6.54 Å². The molecule has 26 heavy (non-hydrogen) atoms. The third kappa shape index (κ3) is 2.59. The van der Waals surface area contributed by atoms with E-state index in [1.165, 1.54) is 12.8 Å². The molecule has 0 aliphatic carbocycles. The Bertz CT molecular complexity index is 1110. The molecule has 5 nitrogen and oxygen atoms in total. The number of hydrogen-bond donors (Lipinski definition) is 0. The molecule has 5 heteroatoms. The summed E-state index contributed by atoms with van der Waals surface area (Å²) in [7, 11) is 0. The molecule has 3 aromatic heterocycles. The van der Waals surface area contributed by atoms with Gasteiger partial charge in [-0.2, -0.15) is 0 Å². The van der Waals surface area contributed by atoms with Gasteiger partial charge in [-0.1, -0.05) is 12.0 Å². The fourth-order valence-corrected chi connectivity index (χ4v) is 3.96. The van der Waals surface area contributed by atoms with E-state index in [1.807, 2.05) is 30.3 Å². The van der Waals surface area contributed by atoms with Crippen molar-refractivity contribution in [1.82, 2.24) is 19.3 Å². The van der Waals surface area contributed by atoms with Crippen LogP contribution >= 0.6 is 0 Å². The molecule has 128 valence electrons. The Balaban J connectivity index is 1.56. The molecular formula is C21H18N4O. The second-order valence-corrected chi connectivity index (χ2v) is 6.92. The van der Waals surface area contributed by atoms with E-state index < -0.39 is 0 Å². The lowest BCUT2D eigenvalue weighted by molar-refractivity contribution is 0.223. The third-order valence-electron chi connectivity index (χ3n) is 5.30. The number of rotatable bonds is 0. The summed E-state index contributed by atoms with van der Waals surface area (Å²) in [6.07, 6.45) is 6.81. The Morgan fingerprint density at radius 2 is 2.15 bits per heavy atom. The lowest BCUT2D eigenvalue weighted by atomic mass is 10.00. The zero-order valence-corrected chi connectivity index (χ0v) is 14.4. The van der Waals surface area contributed by atoms with Crippen molar-refractivity contribution in [2.24, 2.45) is 0 Å². The summed E-state index contributed by atoms with van der Waals surface area (Å²) in [6, 6.07) is 9.95. The fraction of sp³-hybridized carbons (Fsp3) is 0.286. The molecule has 0 bridgehead atoms. The number of aromatic nitrogens is 3. The number of nitrogens with zero attached hydrogens (tertiary/aromatic N) is 4. The van der Waals surface area contributed by atoms with Crippen molar-refractivity contribution in [3.63, 3.8) is 0 Å². The van der Waals surface area contributed by atoms with Crippen LogP contribution in [0.1, 0.15) is 35.4 Å². The number of hydrogen-bond acceptors (Lipinski definition) is 4. The molecule has 0 radical (unpaired) electrons. The summed E-state index contributed by atoms with van der Waals surface area (Å²) in [5.41, 5.74) is 4.11. The van der Waals surface area contributed by atoms with Gasteiger partial charge in [-0.25, -0.2) is 9.97 Å². The topological polar surface area (TPSA) is 50.5 Å². The zero-order valence-electron chi connectivity index (χ0n) is 14.4. The van der Waals surface area contributed by atoms with Crippen molar-refractivity contribution < 1.29 is 0 Å². The quantitative estimate of drug-likeness (QED) is 0.587. The molecule has 0 amide bonds. The standard InChI is InChI=1S/C21H18N4O/c26-21-18-14-24-10-3-5-17(24)13-19(18)23-20-12-15(8-11-25(20)21)6-7-16-4-1-2-9-22-16/h1-2,4,8-9,11-12,17H,3,5,10,13-14H2/t17-/m0/s1. The average molecular weight is 342 g/mol. The zero-order chi connectivity index (χ0) is 17.5. The van der Waals surface area contributed by atoms with Crippen LogP contribution in [0.4, 0.5) is 0 Å². The Morgan fingerprint density at radius 3 is 3.04 bits per heavy atom. The van der Waals surface area contributed by atoms with E-state index in [1.54, 1.807) is 16.8 Å². The summed E-state index contributed by atoms with van der Waals surface area (Å²) < 4.78 is 1.64. The summed E-state index contributed by atoms with van der Waals surface area (Å²) in [4.78, 5) is 24.3. The molecule has 5 heterocycles. The summed E-state index contributed by atoms with van der Waals surface area (Å²) >= 11 is 0. The molecule has 0 N–H and O–H groups in total. The van der Waals surface area contributed by atoms with Crippen molar-refractivity contribution in [2.45, 2.75) is 31.8 Å². The van der Waals surface area contributed by atoms with Gasteiger partial charge in [-0.05, 0) is 49.6 Å². The molecule has 0 spiro atoms. The van der Waals surface area contributed by atoms with Crippen LogP contribution in [0.5, 0.6) is 0 Å². The molecule has 3 aromatic rings. The molecule has 2 aliphatic heterocycles. The maximum Gasteiger partial charge on any atom is 0.262 e. The first-order valence-corrected chi connectivity index (χ1v) is 8.99. The van der Waals surface area contributed by atoms with Gasteiger partial charge in [0.2, 0.25) is 0 Å². The van der Waals surface area contributed by atoms with Crippen molar-refractivity contribution in [3.8, 4) is 11.8 Å². The van der Waals surface area contributed by atoms with Crippen LogP contribution in [0.2, 0.25) is 0 Å². The van der Waals surface area contributed by atoms with E-state index in [0.29, 0.717) is 11.7 Å². The molecule has 0 aromatic carbocycles. The molecule has 5 rings (SSSR count). The van der Waals surface area contributed by atoms with Gasteiger partial charge in [0.05, 0.1) is 11.3 Å². The maximum absolute atomic E-state index is 12.9. The van der Waals surface area contributed by atoms with Crippen LogP contribution in [0, 0.1) is 11.8 Å². The number of pyridine rings is 2. The third-order valence-corrected chi connectivity index (χ3v) is 5.30. The van der Waals surface area contributed by atoms with Crippen LogP contribution < -0.4 is 5.56 Å². The molecule has 0 saturated carbocycles. The first kappa shape index (κ1) is 15.3. The lowest BCUT2D eigenvalue weighted by Gasteiger charge is -2.30. The Kier molecular flexibility index (Phi) is 3.58. The Hall–Kier alpha value is -2.97. The van der Waals surface area contributed by atoms with E-state index in [-0.39, 0.29) is 5.56 Å². The molecule has 1 saturated heterocycles. The highest BCUT2D eigenvalue weighted by Gasteiger charge is 2.32. The maximum atomic E-state index is 12.9. The number of fused-ring (bicyclic) bond motifs is 3. The fourth-order valence-electron chi connectivity index (χ4n) is 3.96. The van der Waals surface area contributed by atoms with E-state index in [2.05, 4.69) is 21.7 Å². The van der Waals surface area contributed by atoms with Gasteiger partial charge in [0.15, 0.2) is 0 Å². The van der Waals surface area contributed by atoms with Crippen LogP contribution in [0.25, 0.3) is 5.65 Å². The smallest absolute Gasteiger partial charge is 0.262 e. The SMILES string of the molecule is O=c1c2c(nc3cc(C#Cc4ccccn4)ccn13)C[C@@H]1CCCN1C2. The van der Waals surface area contributed by atoms with Gasteiger partial charge in [0, 0.05) is 37.0 Å². The van der Waals surface area contributed by atoms with E-state index in [0.717, 1.165) is 42.0 Å². The van der Waals surface area contributed by atoms with Crippen molar-refractivity contribution in [1.29, 1.82) is 0 Å². The van der Waals surface area contributed by atoms with Crippen LogP contribution in [-0.4, -0.2) is 31.9 Å². The first-order chi connectivity index (χ1) is 12.8. The van der Waals surface area contributed by atoms with Crippen LogP contribution in [-0.2, 0) is 13.0 Å². The Morgan fingerprint density at radius 1 is 1.19 bits per heavy atom. The highest BCUT2D eigenvalue weighted by Crippen LogP contribution is 2.27. The predicted molar refractivity (Wildman–Crippen MR) is 98.8 cm³/mol. The normalized spacial score (nSPS) is 18.8. The monoisotopic (exact) mass is 342 g/mol. The molecule has 2 aliphatic rings. The summed E-state index contributed by atoms with van der Waals surface area (Å²) in [5.74, 6) is 6.16. The lowest BCUT2D eigenvalue weighted by Crippen LogP contribution is -2.40. The van der Waals surface area contributed by atoms with Crippen LogP contribution in [0.3, 0.4) is 0 Å². The van der Waals surface area contributed by atoms with Crippen LogP contribution in [0.15, 0.2) is 47.5 Å². The molecule has 1 atom stereocenters. The van der Waals surface area contributed by atoms with Crippen molar-refractivity contribution >= 4 is 5.65 Å². The highest BCUT2D eigenvalue weighted by atomic mass is 16.1. The van der Waals surface area contributed by atoms with Gasteiger partial charge >= 0.3 is 0 Å². The van der Waals surface area contributed by atoms with Gasteiger partial charge in [0.25, 0.3) is 5.56 Å². The summed E-state index contributed by atoms with van der Waals surface area (Å²) in [5, 5.41) is 0. The predicted octanol–water partition coefficient (Wildman–Crippen LogP) is 2.01. The van der Waals surface area contributed by atoms with E-state index in [9.17, 15) is 4.79 Å². The highest BCUT2D eigenvalue weighted by molar-refractivity contribution is 5.50. The van der Waals surface area contributed by atoms with Gasteiger partial charge in [-0.3, -0.25) is 14.1 Å². The second kappa shape index (κ2) is 6.08. The minimum Gasteiger partial charge on any atom is -0.295 e. The summed E-state index contributed by atoms with van der Waals surface area (Å²) in [6.45, 7) is 1.82. The van der Waals surface area contributed by atoms with Gasteiger partial charge in [-0.15, -0.1) is 0 Å². The van der Waals surface area contributed by atoms with Crippen molar-refractivity contribution in [3.05, 3.63) is 75.6 Å². The van der Waals surface area contributed by atoms with E-state index >= 15 is 0 Å². The minimum absolute atomic E-state index is 0.0552. The average Bonchev–Trinajstić information content (AvgIpc) is 3.13. The Labute approximate surface area is 151 Å². The molecular weight excluding hydrogens is 324 g/mol. The largest absolute Gasteiger partial charge is 0.295 e. The first-order valence-electron chi connectivity index (χ1n) is 8.99. The van der Waals surface area contributed by atoms with Gasteiger partial charge < -0.3 is 0 Å². The van der Waals surface area contributed by atoms with E-state index in [4.69, 9.17) is 4.98 Å². The second-order valence-electron chi connectivity index (χ2n) is 6.92.